The fourth-order valence-corrected chi connectivity index (χ4v) is 2.27. The number of nitrogens with one attached hydrogen (secondary N) is 2. The van der Waals surface area contributed by atoms with Crippen LogP contribution in [0.2, 0.25) is 0 Å². The van der Waals surface area contributed by atoms with Crippen molar-refractivity contribution in [3.8, 4) is 0 Å². The second kappa shape index (κ2) is 4.97. The first-order valence-electron chi connectivity index (χ1n) is 6.31. The van der Waals surface area contributed by atoms with E-state index in [9.17, 15) is 4.79 Å². The lowest BCUT2D eigenvalue weighted by molar-refractivity contribution is -0.122. The lowest BCUT2D eigenvalue weighted by atomic mass is 10.2. The van der Waals surface area contributed by atoms with Gasteiger partial charge in [-0.25, -0.2) is 0 Å². The van der Waals surface area contributed by atoms with Gasteiger partial charge in [-0.05, 0) is 44.1 Å². The zero-order chi connectivity index (χ0) is 10.7. The van der Waals surface area contributed by atoms with Crippen molar-refractivity contribution < 1.29 is 4.79 Å². The summed E-state index contributed by atoms with van der Waals surface area (Å²) >= 11 is 0. The first kappa shape index (κ1) is 10.9. The van der Waals surface area contributed by atoms with E-state index in [4.69, 9.17) is 0 Å². The summed E-state index contributed by atoms with van der Waals surface area (Å²) in [6.45, 7) is 4.88. The summed E-state index contributed by atoms with van der Waals surface area (Å²) in [7, 11) is 0. The molecule has 86 valence electrons. The number of hydrogen-bond donors (Lipinski definition) is 2. The molecule has 2 aliphatic rings. The molecule has 0 aromatic heterocycles. The number of carbonyl (C=O) groups is 1. The fourth-order valence-electron chi connectivity index (χ4n) is 2.27. The first-order valence-corrected chi connectivity index (χ1v) is 6.31. The molecule has 2 fully saturated rings. The van der Waals surface area contributed by atoms with E-state index in [2.05, 4.69) is 17.6 Å². The van der Waals surface area contributed by atoms with Gasteiger partial charge in [0.25, 0.3) is 0 Å². The highest BCUT2D eigenvalue weighted by atomic mass is 16.2. The molecule has 0 unspecified atom stereocenters. The van der Waals surface area contributed by atoms with Crippen molar-refractivity contribution in [3.63, 3.8) is 0 Å². The Hall–Kier alpha value is -0.570. The van der Waals surface area contributed by atoms with E-state index in [1.54, 1.807) is 0 Å². The first-order chi connectivity index (χ1) is 7.33. The molecule has 1 amide bonds. The van der Waals surface area contributed by atoms with Crippen LogP contribution in [0.4, 0.5) is 0 Å². The highest BCUT2D eigenvalue weighted by Gasteiger charge is 2.50. The maximum absolute atomic E-state index is 11.6. The van der Waals surface area contributed by atoms with E-state index in [0.717, 1.165) is 44.3 Å². The summed E-state index contributed by atoms with van der Waals surface area (Å²) in [5, 5.41) is 6.30. The zero-order valence-corrected chi connectivity index (χ0v) is 9.59. The Morgan fingerprint density at radius 3 is 2.73 bits per heavy atom. The van der Waals surface area contributed by atoms with E-state index in [1.165, 1.54) is 12.8 Å². The van der Waals surface area contributed by atoms with Crippen molar-refractivity contribution in [2.75, 3.05) is 19.6 Å². The highest BCUT2D eigenvalue weighted by molar-refractivity contribution is 5.81. The Bertz CT molecular complexity index is 226. The minimum atomic E-state index is 0.296. The van der Waals surface area contributed by atoms with Crippen LogP contribution in [0.15, 0.2) is 0 Å². The summed E-state index contributed by atoms with van der Waals surface area (Å²) in [4.78, 5) is 11.6. The fraction of sp³-hybridized carbons (Fsp3) is 0.917. The molecule has 0 bridgehead atoms. The molecule has 0 heterocycles. The van der Waals surface area contributed by atoms with Crippen LogP contribution < -0.4 is 10.6 Å². The second-order valence-corrected chi connectivity index (χ2v) is 4.88. The molecule has 2 atom stereocenters. The van der Waals surface area contributed by atoms with Gasteiger partial charge >= 0.3 is 0 Å². The summed E-state index contributed by atoms with van der Waals surface area (Å²) in [5.41, 5.74) is 0. The lowest BCUT2D eigenvalue weighted by Gasteiger charge is -2.05. The molecule has 0 aromatic rings. The molecule has 2 aliphatic carbocycles. The largest absolute Gasteiger partial charge is 0.355 e. The molecular formula is C12H22N2O. The molecule has 2 saturated carbocycles. The molecule has 0 aliphatic heterocycles. The van der Waals surface area contributed by atoms with Crippen molar-refractivity contribution in [1.82, 2.24) is 10.6 Å². The van der Waals surface area contributed by atoms with Gasteiger partial charge in [0.1, 0.15) is 0 Å². The van der Waals surface area contributed by atoms with Crippen LogP contribution >= 0.6 is 0 Å². The molecule has 0 aromatic carbocycles. The van der Waals surface area contributed by atoms with Gasteiger partial charge in [-0.3, -0.25) is 4.79 Å². The van der Waals surface area contributed by atoms with Crippen molar-refractivity contribution in [1.29, 1.82) is 0 Å². The van der Waals surface area contributed by atoms with Gasteiger partial charge in [-0.1, -0.05) is 6.92 Å². The third-order valence-electron chi connectivity index (χ3n) is 3.43. The van der Waals surface area contributed by atoms with E-state index in [0.29, 0.717) is 11.8 Å². The Labute approximate surface area is 92.0 Å². The predicted molar refractivity (Wildman–Crippen MR) is 60.5 cm³/mol. The predicted octanol–water partition coefficient (Wildman–Crippen LogP) is 1.15. The standard InChI is InChI=1S/C12H22N2O/c1-2-5-13-6-7-14-12(15)11-8-10(11)9-3-4-9/h9-11,13H,2-8H2,1H3,(H,14,15)/t10-,11+/m1/s1. The molecule has 0 radical (unpaired) electrons. The van der Waals surface area contributed by atoms with Crippen LogP contribution in [0.1, 0.15) is 32.6 Å². The SMILES string of the molecule is CCCNCCNC(=O)[C@H]1C[C@@H]1C1CC1. The second-order valence-electron chi connectivity index (χ2n) is 4.88. The van der Waals surface area contributed by atoms with Crippen molar-refractivity contribution >= 4 is 5.91 Å². The Kier molecular flexibility index (Phi) is 3.62. The van der Waals surface area contributed by atoms with Gasteiger partial charge in [-0.2, -0.15) is 0 Å². The third kappa shape index (κ3) is 3.20. The average molecular weight is 210 g/mol. The Morgan fingerprint density at radius 1 is 1.27 bits per heavy atom. The number of amides is 1. The quantitative estimate of drug-likeness (QED) is 0.619. The van der Waals surface area contributed by atoms with Gasteiger partial charge in [0, 0.05) is 19.0 Å². The van der Waals surface area contributed by atoms with Gasteiger partial charge in [0.2, 0.25) is 5.91 Å². The molecule has 2 N–H and O–H groups in total. The number of rotatable bonds is 7. The van der Waals surface area contributed by atoms with Crippen LogP contribution in [0.5, 0.6) is 0 Å². The number of hydrogen-bond acceptors (Lipinski definition) is 2. The van der Waals surface area contributed by atoms with E-state index >= 15 is 0 Å². The van der Waals surface area contributed by atoms with Crippen molar-refractivity contribution in [2.45, 2.75) is 32.6 Å². The molecule has 0 saturated heterocycles. The molecule has 15 heavy (non-hydrogen) atoms. The molecule has 3 heteroatoms. The van der Waals surface area contributed by atoms with Gasteiger partial charge < -0.3 is 10.6 Å². The Morgan fingerprint density at radius 2 is 2.07 bits per heavy atom. The third-order valence-corrected chi connectivity index (χ3v) is 3.43. The van der Waals surface area contributed by atoms with Crippen LogP contribution in [-0.4, -0.2) is 25.5 Å². The van der Waals surface area contributed by atoms with Crippen LogP contribution in [0.25, 0.3) is 0 Å². The van der Waals surface area contributed by atoms with E-state index in [-0.39, 0.29) is 0 Å². The average Bonchev–Trinajstić information content (AvgIpc) is 3.05. The summed E-state index contributed by atoms with van der Waals surface area (Å²) < 4.78 is 0. The Balaban J connectivity index is 1.50. The summed E-state index contributed by atoms with van der Waals surface area (Å²) in [6, 6.07) is 0. The number of carbonyl (C=O) groups excluding carboxylic acids is 1. The van der Waals surface area contributed by atoms with Gasteiger partial charge in [0.15, 0.2) is 0 Å². The van der Waals surface area contributed by atoms with E-state index in [1.807, 2.05) is 0 Å². The monoisotopic (exact) mass is 210 g/mol. The minimum absolute atomic E-state index is 0.296. The zero-order valence-electron chi connectivity index (χ0n) is 9.59. The summed E-state index contributed by atoms with van der Waals surface area (Å²) in [5.74, 6) is 2.31. The van der Waals surface area contributed by atoms with Gasteiger partial charge in [0.05, 0.1) is 0 Å². The highest BCUT2D eigenvalue weighted by Crippen LogP contribution is 2.54. The summed E-state index contributed by atoms with van der Waals surface area (Å²) in [6.07, 6.45) is 5.04. The van der Waals surface area contributed by atoms with Crippen LogP contribution in [0.3, 0.4) is 0 Å². The normalized spacial score (nSPS) is 28.9. The lowest BCUT2D eigenvalue weighted by Crippen LogP contribution is -2.33. The maximum atomic E-state index is 11.6. The molecule has 3 nitrogen and oxygen atoms in total. The minimum Gasteiger partial charge on any atom is -0.355 e. The van der Waals surface area contributed by atoms with E-state index < -0.39 is 0 Å². The van der Waals surface area contributed by atoms with Crippen LogP contribution in [0, 0.1) is 17.8 Å². The molecule has 0 spiro atoms. The van der Waals surface area contributed by atoms with Crippen molar-refractivity contribution in [2.24, 2.45) is 17.8 Å². The van der Waals surface area contributed by atoms with Crippen LogP contribution in [-0.2, 0) is 4.79 Å². The van der Waals surface area contributed by atoms with Crippen molar-refractivity contribution in [3.05, 3.63) is 0 Å². The smallest absolute Gasteiger partial charge is 0.223 e. The molecular weight excluding hydrogens is 188 g/mol. The van der Waals surface area contributed by atoms with Gasteiger partial charge in [-0.15, -0.1) is 0 Å². The molecule has 2 rings (SSSR count). The maximum Gasteiger partial charge on any atom is 0.223 e. The topological polar surface area (TPSA) is 41.1 Å².